The highest BCUT2D eigenvalue weighted by atomic mass is 19.3. The zero-order chi connectivity index (χ0) is 21.2. The van der Waals surface area contributed by atoms with Gasteiger partial charge in [-0.05, 0) is 48.9 Å². The van der Waals surface area contributed by atoms with Crippen LogP contribution >= 0.6 is 0 Å². The molecule has 29 heavy (non-hydrogen) atoms. The van der Waals surface area contributed by atoms with Crippen LogP contribution in [0, 0.1) is 0 Å². The smallest absolute Gasteiger partial charge is 0.387 e. The lowest BCUT2D eigenvalue weighted by Gasteiger charge is -2.15. The fraction of sp³-hybridized carbons (Fsp3) is 0.381. The van der Waals surface area contributed by atoms with Crippen molar-refractivity contribution in [3.63, 3.8) is 0 Å². The Bertz CT molecular complexity index is 785. The second-order valence-corrected chi connectivity index (χ2v) is 6.53. The first-order chi connectivity index (χ1) is 13.9. The minimum absolute atomic E-state index is 0.0443. The summed E-state index contributed by atoms with van der Waals surface area (Å²) >= 11 is 0. The lowest BCUT2D eigenvalue weighted by Crippen LogP contribution is -3.08. The Labute approximate surface area is 169 Å². The van der Waals surface area contributed by atoms with Gasteiger partial charge in [-0.15, -0.1) is 0 Å². The number of methoxy groups -OCH3 is 1. The summed E-state index contributed by atoms with van der Waals surface area (Å²) in [5.41, 5.74) is 1.83. The summed E-state index contributed by atoms with van der Waals surface area (Å²) in [6.07, 6.45) is 0. The Balaban J connectivity index is 1.82. The first-order valence-corrected chi connectivity index (χ1v) is 9.32. The first-order valence-electron chi connectivity index (χ1n) is 9.32. The van der Waals surface area contributed by atoms with Gasteiger partial charge in [0.05, 0.1) is 20.8 Å². The molecule has 2 aromatic rings. The van der Waals surface area contributed by atoms with E-state index in [1.54, 1.807) is 12.1 Å². The Hall–Kier alpha value is -2.87. The highest BCUT2D eigenvalue weighted by Gasteiger charge is 2.13. The zero-order valence-corrected chi connectivity index (χ0v) is 16.8. The van der Waals surface area contributed by atoms with Gasteiger partial charge in [-0.3, -0.25) is 4.79 Å². The van der Waals surface area contributed by atoms with Crippen molar-refractivity contribution in [2.45, 2.75) is 26.6 Å². The molecule has 0 bridgehead atoms. The standard InChI is InChI=1S/C21H26F2N2O4/c1-4-28-17-8-5-15(6-9-17)13-25(2)14-20(26)24-12-16-7-10-18(29-21(22)23)19(11-16)27-3/h5-11,21H,4,12-14H2,1-3H3,(H,24,26)/p+1. The highest BCUT2D eigenvalue weighted by Crippen LogP contribution is 2.29. The summed E-state index contributed by atoms with van der Waals surface area (Å²) in [5, 5.41) is 2.83. The molecule has 0 saturated heterocycles. The maximum Gasteiger partial charge on any atom is 0.387 e. The molecule has 2 aromatic carbocycles. The minimum atomic E-state index is -2.93. The summed E-state index contributed by atoms with van der Waals surface area (Å²) in [6.45, 7) is 0.901. The van der Waals surface area contributed by atoms with Crippen LogP contribution in [0.2, 0.25) is 0 Å². The quantitative estimate of drug-likeness (QED) is 0.596. The second-order valence-electron chi connectivity index (χ2n) is 6.53. The van der Waals surface area contributed by atoms with Crippen molar-refractivity contribution in [1.29, 1.82) is 0 Å². The van der Waals surface area contributed by atoms with Gasteiger partial charge in [-0.1, -0.05) is 6.07 Å². The number of halogens is 2. The van der Waals surface area contributed by atoms with Crippen molar-refractivity contribution in [1.82, 2.24) is 5.32 Å². The van der Waals surface area contributed by atoms with Crippen molar-refractivity contribution in [2.24, 2.45) is 0 Å². The molecule has 2 N–H and O–H groups in total. The van der Waals surface area contributed by atoms with E-state index >= 15 is 0 Å². The second kappa shape index (κ2) is 11.2. The average molecular weight is 409 g/mol. The third-order valence-electron chi connectivity index (χ3n) is 4.14. The number of carbonyl (C=O) groups is 1. The Morgan fingerprint density at radius 2 is 1.79 bits per heavy atom. The van der Waals surface area contributed by atoms with Crippen molar-refractivity contribution in [3.8, 4) is 17.2 Å². The molecule has 1 amide bonds. The molecular formula is C21H27F2N2O4+. The molecule has 0 spiro atoms. The van der Waals surface area contributed by atoms with E-state index in [4.69, 9.17) is 9.47 Å². The van der Waals surface area contributed by atoms with E-state index in [-0.39, 0.29) is 24.0 Å². The number of likely N-dealkylation sites (N-methyl/N-ethyl adjacent to an activating group) is 1. The molecule has 1 unspecified atom stereocenters. The predicted octanol–water partition coefficient (Wildman–Crippen LogP) is 2.03. The summed E-state index contributed by atoms with van der Waals surface area (Å²) < 4.78 is 39.6. The number of ether oxygens (including phenoxy) is 3. The topological polar surface area (TPSA) is 61.2 Å². The number of amides is 1. The molecule has 0 aliphatic rings. The maximum absolute atomic E-state index is 12.4. The Morgan fingerprint density at radius 1 is 1.10 bits per heavy atom. The number of quaternary nitrogens is 1. The van der Waals surface area contributed by atoms with Gasteiger partial charge in [-0.2, -0.15) is 8.78 Å². The SMILES string of the molecule is CCOc1ccc(C[NH+](C)CC(=O)NCc2ccc(OC(F)F)c(OC)c2)cc1. The van der Waals surface area contributed by atoms with E-state index < -0.39 is 6.61 Å². The van der Waals surface area contributed by atoms with E-state index in [0.717, 1.165) is 21.8 Å². The third kappa shape index (κ3) is 7.57. The Kier molecular flexibility index (Phi) is 8.67. The molecule has 2 rings (SSSR count). The molecular weight excluding hydrogens is 382 g/mol. The highest BCUT2D eigenvalue weighted by molar-refractivity contribution is 5.76. The minimum Gasteiger partial charge on any atom is -0.494 e. The van der Waals surface area contributed by atoms with Crippen LogP contribution in [0.4, 0.5) is 8.78 Å². The van der Waals surface area contributed by atoms with Crippen molar-refractivity contribution < 1.29 is 32.7 Å². The molecule has 0 fully saturated rings. The summed E-state index contributed by atoms with van der Waals surface area (Å²) in [7, 11) is 3.31. The lowest BCUT2D eigenvalue weighted by molar-refractivity contribution is -0.885. The molecule has 0 saturated carbocycles. The molecule has 0 aliphatic heterocycles. The van der Waals surface area contributed by atoms with E-state index in [9.17, 15) is 13.6 Å². The number of rotatable bonds is 11. The van der Waals surface area contributed by atoms with Crippen LogP contribution < -0.4 is 24.4 Å². The molecule has 1 atom stereocenters. The number of nitrogens with one attached hydrogen (secondary N) is 2. The van der Waals surface area contributed by atoms with E-state index in [0.29, 0.717) is 19.7 Å². The molecule has 0 aliphatic carbocycles. The monoisotopic (exact) mass is 409 g/mol. The van der Waals surface area contributed by atoms with Gasteiger partial charge in [0.15, 0.2) is 18.0 Å². The lowest BCUT2D eigenvalue weighted by atomic mass is 10.2. The molecule has 8 heteroatoms. The van der Waals surface area contributed by atoms with Gasteiger partial charge >= 0.3 is 6.61 Å². The van der Waals surface area contributed by atoms with Crippen molar-refractivity contribution in [3.05, 3.63) is 53.6 Å². The zero-order valence-electron chi connectivity index (χ0n) is 16.8. The van der Waals surface area contributed by atoms with Crippen LogP contribution in [0.15, 0.2) is 42.5 Å². The van der Waals surface area contributed by atoms with Gasteiger partial charge in [0.25, 0.3) is 5.91 Å². The summed E-state index contributed by atoms with van der Waals surface area (Å²) in [5.74, 6) is 0.861. The van der Waals surface area contributed by atoms with Crippen LogP contribution in [-0.4, -0.2) is 39.8 Å². The molecule has 0 aromatic heterocycles. The number of hydrogen-bond acceptors (Lipinski definition) is 4. The van der Waals surface area contributed by atoms with Crippen molar-refractivity contribution >= 4 is 5.91 Å². The fourth-order valence-electron chi connectivity index (χ4n) is 2.83. The van der Waals surface area contributed by atoms with Crippen LogP contribution in [0.25, 0.3) is 0 Å². The normalized spacial score (nSPS) is 11.8. The first kappa shape index (κ1) is 22.4. The van der Waals surface area contributed by atoms with Gasteiger partial charge in [0.2, 0.25) is 0 Å². The third-order valence-corrected chi connectivity index (χ3v) is 4.14. The van der Waals surface area contributed by atoms with Gasteiger partial charge in [0, 0.05) is 12.1 Å². The number of alkyl halides is 2. The molecule has 158 valence electrons. The Morgan fingerprint density at radius 3 is 2.41 bits per heavy atom. The molecule has 0 heterocycles. The van der Waals surface area contributed by atoms with Crippen LogP contribution in [-0.2, 0) is 17.9 Å². The average Bonchev–Trinajstić information content (AvgIpc) is 2.68. The van der Waals surface area contributed by atoms with Gasteiger partial charge in [0.1, 0.15) is 12.3 Å². The molecule has 6 nitrogen and oxygen atoms in total. The largest absolute Gasteiger partial charge is 0.494 e. The van der Waals surface area contributed by atoms with Crippen LogP contribution in [0.5, 0.6) is 17.2 Å². The van der Waals surface area contributed by atoms with E-state index in [1.807, 2.05) is 38.2 Å². The van der Waals surface area contributed by atoms with Gasteiger partial charge in [-0.25, -0.2) is 0 Å². The predicted molar refractivity (Wildman–Crippen MR) is 105 cm³/mol. The van der Waals surface area contributed by atoms with Crippen LogP contribution in [0.1, 0.15) is 18.1 Å². The number of hydrogen-bond donors (Lipinski definition) is 2. The van der Waals surface area contributed by atoms with Gasteiger partial charge < -0.3 is 24.4 Å². The van der Waals surface area contributed by atoms with Crippen LogP contribution in [0.3, 0.4) is 0 Å². The fourth-order valence-corrected chi connectivity index (χ4v) is 2.83. The van der Waals surface area contributed by atoms with E-state index in [1.165, 1.54) is 13.2 Å². The maximum atomic E-state index is 12.4. The summed E-state index contributed by atoms with van der Waals surface area (Å²) in [4.78, 5) is 13.2. The molecule has 0 radical (unpaired) electrons. The van der Waals surface area contributed by atoms with Crippen molar-refractivity contribution in [2.75, 3.05) is 27.3 Å². The summed E-state index contributed by atoms with van der Waals surface area (Å²) in [6, 6.07) is 12.4. The number of carbonyl (C=O) groups excluding carboxylic acids is 1. The number of benzene rings is 2. The van der Waals surface area contributed by atoms with E-state index in [2.05, 4.69) is 10.1 Å².